The minimum atomic E-state index is -0.410. The molecule has 0 radical (unpaired) electrons. The van der Waals surface area contributed by atoms with Gasteiger partial charge in [-0.3, -0.25) is 9.18 Å². The molecule has 3 rings (SSSR count). The fourth-order valence-electron chi connectivity index (χ4n) is 3.28. The smallest absolute Gasteiger partial charge is 0.270 e. The summed E-state index contributed by atoms with van der Waals surface area (Å²) < 4.78 is 34.3. The van der Waals surface area contributed by atoms with E-state index in [9.17, 15) is 9.18 Å². The second-order valence-electron chi connectivity index (χ2n) is 8.44. The third-order valence-electron chi connectivity index (χ3n) is 5.60. The summed E-state index contributed by atoms with van der Waals surface area (Å²) in [6.07, 6.45) is 0.551. The van der Waals surface area contributed by atoms with Gasteiger partial charge in [0.25, 0.3) is 5.91 Å². The van der Waals surface area contributed by atoms with Gasteiger partial charge in [0.1, 0.15) is 11.4 Å². The van der Waals surface area contributed by atoms with Crippen molar-refractivity contribution in [3.05, 3.63) is 17.8 Å². The van der Waals surface area contributed by atoms with Crippen LogP contribution in [-0.4, -0.2) is 82.9 Å². The highest BCUT2D eigenvalue weighted by molar-refractivity contribution is 5.93. The van der Waals surface area contributed by atoms with Crippen LogP contribution in [0, 0.1) is 11.8 Å². The van der Waals surface area contributed by atoms with Gasteiger partial charge >= 0.3 is 0 Å². The zero-order chi connectivity index (χ0) is 22.2. The van der Waals surface area contributed by atoms with Gasteiger partial charge < -0.3 is 29.2 Å². The number of ether oxygens (including phenoxy) is 4. The first kappa shape index (κ1) is 23.7. The molecule has 31 heavy (non-hydrogen) atoms. The second kappa shape index (κ2) is 11.6. The molecule has 3 heterocycles. The Labute approximate surface area is 183 Å². The lowest BCUT2D eigenvalue weighted by molar-refractivity contribution is -0.0514. The molecule has 0 aromatic carbocycles. The Hall–Kier alpha value is -1.97. The number of alkyl halides is 1. The van der Waals surface area contributed by atoms with Crippen LogP contribution in [0.1, 0.15) is 30.8 Å². The van der Waals surface area contributed by atoms with E-state index in [4.69, 9.17) is 18.9 Å². The third-order valence-corrected chi connectivity index (χ3v) is 5.60. The van der Waals surface area contributed by atoms with Gasteiger partial charge in [0.2, 0.25) is 5.88 Å². The Kier molecular flexibility index (Phi) is 8.86. The maximum atomic E-state index is 12.9. The van der Waals surface area contributed by atoms with Crippen molar-refractivity contribution >= 4 is 11.6 Å². The SMILES string of the molecule is COC1CN(c2ccc(C(=O)N[C@H](COCCCF)C(C)C)nc2OCC2COC2)C1. The van der Waals surface area contributed by atoms with E-state index in [-0.39, 0.29) is 24.0 Å². The Morgan fingerprint density at radius 1 is 1.35 bits per heavy atom. The van der Waals surface area contributed by atoms with E-state index in [0.717, 1.165) is 18.8 Å². The number of pyridine rings is 1. The number of methoxy groups -OCH3 is 1. The molecule has 9 heteroatoms. The number of nitrogens with zero attached hydrogens (tertiary/aromatic N) is 2. The van der Waals surface area contributed by atoms with Gasteiger partial charge in [-0.1, -0.05) is 13.8 Å². The molecule has 0 saturated carbocycles. The van der Waals surface area contributed by atoms with Crippen molar-refractivity contribution in [1.82, 2.24) is 10.3 Å². The number of halogens is 1. The molecule has 1 aromatic rings. The molecule has 0 spiro atoms. The lowest BCUT2D eigenvalue weighted by Crippen LogP contribution is -2.52. The van der Waals surface area contributed by atoms with Crippen molar-refractivity contribution in [2.24, 2.45) is 11.8 Å². The summed E-state index contributed by atoms with van der Waals surface area (Å²) in [5, 5.41) is 2.99. The van der Waals surface area contributed by atoms with Crippen LogP contribution in [0.3, 0.4) is 0 Å². The molecule has 2 aliphatic rings. The molecule has 8 nitrogen and oxygen atoms in total. The van der Waals surface area contributed by atoms with Gasteiger partial charge in [-0.2, -0.15) is 0 Å². The summed E-state index contributed by atoms with van der Waals surface area (Å²) in [6, 6.07) is 3.40. The molecule has 0 unspecified atom stereocenters. The fraction of sp³-hybridized carbons (Fsp3) is 0.727. The van der Waals surface area contributed by atoms with E-state index >= 15 is 0 Å². The Morgan fingerprint density at radius 3 is 2.74 bits per heavy atom. The van der Waals surface area contributed by atoms with Gasteiger partial charge in [0.15, 0.2) is 0 Å². The van der Waals surface area contributed by atoms with E-state index in [1.165, 1.54) is 0 Å². The minimum Gasteiger partial charge on any atom is -0.476 e. The fourth-order valence-corrected chi connectivity index (χ4v) is 3.28. The summed E-state index contributed by atoms with van der Waals surface area (Å²) in [5.41, 5.74) is 1.15. The van der Waals surface area contributed by atoms with Crippen LogP contribution in [0.25, 0.3) is 0 Å². The van der Waals surface area contributed by atoms with Crippen LogP contribution in [0.15, 0.2) is 12.1 Å². The number of aromatic nitrogens is 1. The molecule has 2 aliphatic heterocycles. The van der Waals surface area contributed by atoms with Crippen LogP contribution in [0.5, 0.6) is 5.88 Å². The zero-order valence-corrected chi connectivity index (χ0v) is 18.6. The number of nitrogens with one attached hydrogen (secondary N) is 1. The van der Waals surface area contributed by atoms with Gasteiger partial charge in [0, 0.05) is 32.7 Å². The van der Waals surface area contributed by atoms with Crippen molar-refractivity contribution < 1.29 is 28.1 Å². The molecule has 0 aliphatic carbocycles. The van der Waals surface area contributed by atoms with Crippen molar-refractivity contribution in [3.63, 3.8) is 0 Å². The Balaban J connectivity index is 1.66. The summed E-state index contributed by atoms with van der Waals surface area (Å²) in [7, 11) is 1.70. The number of anilines is 1. The third kappa shape index (κ3) is 6.51. The molecule has 2 fully saturated rings. The van der Waals surface area contributed by atoms with Crippen LogP contribution in [0.4, 0.5) is 10.1 Å². The molecule has 0 bridgehead atoms. The average Bonchev–Trinajstić information content (AvgIpc) is 2.68. The predicted molar refractivity (Wildman–Crippen MR) is 115 cm³/mol. The van der Waals surface area contributed by atoms with Crippen LogP contribution in [0.2, 0.25) is 0 Å². The van der Waals surface area contributed by atoms with E-state index in [1.807, 2.05) is 19.9 Å². The van der Waals surface area contributed by atoms with Crippen LogP contribution < -0.4 is 15.0 Å². The first-order valence-corrected chi connectivity index (χ1v) is 11.0. The maximum absolute atomic E-state index is 12.9. The number of hydrogen-bond donors (Lipinski definition) is 1. The van der Waals surface area contributed by atoms with Crippen LogP contribution in [-0.2, 0) is 14.2 Å². The predicted octanol–water partition coefficient (Wildman–Crippen LogP) is 2.07. The van der Waals surface area contributed by atoms with Crippen molar-refractivity contribution in [1.29, 1.82) is 0 Å². The monoisotopic (exact) mass is 439 g/mol. The van der Waals surface area contributed by atoms with E-state index in [2.05, 4.69) is 15.2 Å². The Morgan fingerprint density at radius 2 is 2.13 bits per heavy atom. The number of amides is 1. The molecule has 1 N–H and O–H groups in total. The molecular weight excluding hydrogens is 405 g/mol. The first-order valence-electron chi connectivity index (χ1n) is 11.0. The first-order chi connectivity index (χ1) is 15.0. The number of hydrogen-bond acceptors (Lipinski definition) is 7. The standard InChI is InChI=1S/C22H34FN3O5/c1-15(2)19(14-29-8-4-7-23)24-21(27)18-5-6-20(26-9-17(10-26)28-3)22(25-18)31-13-16-11-30-12-16/h5-6,15-17,19H,4,7-14H2,1-3H3,(H,24,27)/t19-/m1/s1. The Bertz CT molecular complexity index is 710. The van der Waals surface area contributed by atoms with Gasteiger partial charge in [-0.25, -0.2) is 4.98 Å². The van der Waals surface area contributed by atoms with E-state index < -0.39 is 6.67 Å². The van der Waals surface area contributed by atoms with Gasteiger partial charge in [-0.05, 0) is 24.5 Å². The maximum Gasteiger partial charge on any atom is 0.270 e. The van der Waals surface area contributed by atoms with E-state index in [0.29, 0.717) is 56.9 Å². The normalized spacial score (nSPS) is 17.9. The largest absolute Gasteiger partial charge is 0.476 e. The lowest BCUT2D eigenvalue weighted by atomic mass is 10.1. The number of carbonyl (C=O) groups is 1. The highest BCUT2D eigenvalue weighted by Gasteiger charge is 2.30. The summed E-state index contributed by atoms with van der Waals surface area (Å²) in [5.74, 6) is 0.681. The van der Waals surface area contributed by atoms with Crippen LogP contribution >= 0.6 is 0 Å². The molecule has 1 amide bonds. The van der Waals surface area contributed by atoms with Gasteiger partial charge in [0.05, 0.1) is 45.2 Å². The average molecular weight is 440 g/mol. The summed E-state index contributed by atoms with van der Waals surface area (Å²) in [4.78, 5) is 19.5. The van der Waals surface area contributed by atoms with Crippen molar-refractivity contribution in [3.8, 4) is 5.88 Å². The minimum absolute atomic E-state index is 0.162. The molecule has 174 valence electrons. The topological polar surface area (TPSA) is 82.2 Å². The summed E-state index contributed by atoms with van der Waals surface area (Å²) in [6.45, 7) is 7.67. The van der Waals surface area contributed by atoms with Gasteiger partial charge in [-0.15, -0.1) is 0 Å². The number of carbonyl (C=O) groups excluding carboxylic acids is 1. The molecular formula is C22H34FN3O5. The quantitative estimate of drug-likeness (QED) is 0.471. The summed E-state index contributed by atoms with van der Waals surface area (Å²) >= 11 is 0. The van der Waals surface area contributed by atoms with Crippen molar-refractivity contribution in [2.45, 2.75) is 32.4 Å². The lowest BCUT2D eigenvalue weighted by Gasteiger charge is -2.40. The molecule has 1 aromatic heterocycles. The molecule has 1 atom stereocenters. The zero-order valence-electron chi connectivity index (χ0n) is 18.6. The van der Waals surface area contributed by atoms with Crippen molar-refractivity contribution in [2.75, 3.05) is 64.8 Å². The highest BCUT2D eigenvalue weighted by Crippen LogP contribution is 2.31. The second-order valence-corrected chi connectivity index (χ2v) is 8.44. The number of rotatable bonds is 13. The molecule has 2 saturated heterocycles. The van der Waals surface area contributed by atoms with E-state index in [1.54, 1.807) is 13.2 Å². The highest BCUT2D eigenvalue weighted by atomic mass is 19.1.